The van der Waals surface area contributed by atoms with Gasteiger partial charge in [-0.05, 0) is 104 Å². The van der Waals surface area contributed by atoms with Crippen molar-refractivity contribution in [2.24, 2.45) is 11.8 Å². The van der Waals surface area contributed by atoms with Crippen molar-refractivity contribution in [3.63, 3.8) is 0 Å². The van der Waals surface area contributed by atoms with Crippen LogP contribution in [0.3, 0.4) is 0 Å². The van der Waals surface area contributed by atoms with Gasteiger partial charge in [-0.2, -0.15) is 0 Å². The Morgan fingerprint density at radius 3 is 2.23 bits per heavy atom. The number of hydrogen-bond acceptors (Lipinski definition) is 5. The first-order chi connectivity index (χ1) is 16.3. The molecule has 1 heterocycles. The number of esters is 1. The number of ether oxygens (including phenoxy) is 1. The molecule has 3 rings (SSSR count). The van der Waals surface area contributed by atoms with Crippen molar-refractivity contribution in [1.29, 1.82) is 0 Å². The Kier molecular flexibility index (Phi) is 9.71. The minimum Gasteiger partial charge on any atom is -0.462 e. The van der Waals surface area contributed by atoms with E-state index >= 15 is 0 Å². The Balaban J connectivity index is 1.84. The van der Waals surface area contributed by atoms with Crippen molar-refractivity contribution >= 4 is 53.1 Å². The second kappa shape index (κ2) is 11.8. The number of thiophene rings is 1. The van der Waals surface area contributed by atoms with Crippen LogP contribution in [-0.2, 0) is 14.0 Å². The summed E-state index contributed by atoms with van der Waals surface area (Å²) in [6, 6.07) is 2.02. The zero-order valence-corrected chi connectivity index (χ0v) is 26.0. The van der Waals surface area contributed by atoms with Gasteiger partial charge >= 0.3 is 5.97 Å². The van der Waals surface area contributed by atoms with Crippen molar-refractivity contribution in [2.45, 2.75) is 116 Å². The van der Waals surface area contributed by atoms with Crippen molar-refractivity contribution < 1.29 is 18.8 Å². The van der Waals surface area contributed by atoms with Gasteiger partial charge in [-0.3, -0.25) is 4.79 Å². The number of carbonyl (C=O) groups excluding carboxylic acids is 2. The first kappa shape index (κ1) is 28.9. The van der Waals surface area contributed by atoms with Crippen LogP contribution in [-0.4, -0.2) is 38.9 Å². The number of anilines is 1. The van der Waals surface area contributed by atoms with E-state index in [0.29, 0.717) is 17.4 Å². The van der Waals surface area contributed by atoms with Gasteiger partial charge in [-0.25, -0.2) is 4.79 Å². The summed E-state index contributed by atoms with van der Waals surface area (Å²) in [5.41, 5.74) is 0.720. The summed E-state index contributed by atoms with van der Waals surface area (Å²) in [6.45, 7) is 15.9. The molecule has 0 spiro atoms. The highest BCUT2D eigenvalue weighted by atomic mass is 79.9. The van der Waals surface area contributed by atoms with Crippen LogP contribution in [0.5, 0.6) is 0 Å². The Bertz CT molecular complexity index is 880. The zero-order valence-electron chi connectivity index (χ0n) is 22.6. The number of rotatable bonds is 7. The molecule has 0 bridgehead atoms. The third-order valence-corrected chi connectivity index (χ3v) is 14.4. The van der Waals surface area contributed by atoms with E-state index in [1.807, 2.05) is 17.9 Å². The topological polar surface area (TPSA) is 55.8 Å². The van der Waals surface area contributed by atoms with Crippen LogP contribution in [0.1, 0.15) is 95.7 Å². The summed E-state index contributed by atoms with van der Waals surface area (Å²) in [5.74, 6) is 0.548. The molecule has 0 aliphatic heterocycles. The van der Waals surface area contributed by atoms with Crippen molar-refractivity contribution in [3.8, 4) is 0 Å². The van der Waals surface area contributed by atoms with Crippen LogP contribution in [0.25, 0.3) is 0 Å². The van der Waals surface area contributed by atoms with E-state index in [0.717, 1.165) is 60.8 Å². The second-order valence-corrected chi connectivity index (χ2v) is 19.1. The van der Waals surface area contributed by atoms with Gasteiger partial charge in [-0.15, -0.1) is 11.3 Å². The lowest BCUT2D eigenvalue weighted by atomic mass is 9.81. The molecule has 2 saturated carbocycles. The Hall–Kier alpha value is -0.703. The molecule has 1 aromatic heterocycles. The molecule has 8 heteroatoms. The summed E-state index contributed by atoms with van der Waals surface area (Å²) in [4.78, 5) is 29.4. The predicted molar refractivity (Wildman–Crippen MR) is 151 cm³/mol. The van der Waals surface area contributed by atoms with E-state index in [-0.39, 0.29) is 35.0 Å². The second-order valence-electron chi connectivity index (χ2n) is 12.0. The number of carbonyl (C=O) groups is 2. The summed E-state index contributed by atoms with van der Waals surface area (Å²) >= 11 is 4.93. The first-order valence-electron chi connectivity index (χ1n) is 13.3. The molecule has 0 atom stereocenters. The van der Waals surface area contributed by atoms with E-state index < -0.39 is 8.32 Å². The van der Waals surface area contributed by atoms with Crippen LogP contribution in [0.4, 0.5) is 5.69 Å². The van der Waals surface area contributed by atoms with Gasteiger partial charge < -0.3 is 14.1 Å². The van der Waals surface area contributed by atoms with Crippen LogP contribution in [0.15, 0.2) is 9.85 Å². The fourth-order valence-electron chi connectivity index (χ4n) is 5.09. The number of nitrogens with zero attached hydrogens (tertiary/aromatic N) is 1. The normalized spacial score (nSPS) is 25.8. The standard InChI is InChI=1S/C27H44BrNO4SSi/c1-8-32-26(31)24-22(17-23(28)34-24)29(25(30)19-11-9-18(2)10-12-19)20-13-15-21(16-14-20)33-35(6,7)27(3,4)5/h17-21H,8-16H2,1-7H3. The lowest BCUT2D eigenvalue weighted by Gasteiger charge is -2.43. The summed E-state index contributed by atoms with van der Waals surface area (Å²) in [7, 11) is -1.84. The van der Waals surface area contributed by atoms with E-state index in [4.69, 9.17) is 9.16 Å². The fraction of sp³-hybridized carbons (Fsp3) is 0.778. The summed E-state index contributed by atoms with van der Waals surface area (Å²) in [5, 5.41) is 0.182. The third-order valence-electron chi connectivity index (χ3n) is 8.28. The van der Waals surface area contributed by atoms with Gasteiger partial charge in [-0.1, -0.05) is 27.7 Å². The van der Waals surface area contributed by atoms with E-state index in [2.05, 4.69) is 56.7 Å². The average Bonchev–Trinajstić information content (AvgIpc) is 3.16. The third kappa shape index (κ3) is 6.99. The molecule has 0 N–H and O–H groups in total. The van der Waals surface area contributed by atoms with Gasteiger partial charge in [0.1, 0.15) is 4.88 Å². The largest absolute Gasteiger partial charge is 0.462 e. The first-order valence-corrected chi connectivity index (χ1v) is 17.8. The Morgan fingerprint density at radius 2 is 1.69 bits per heavy atom. The van der Waals surface area contributed by atoms with Crippen molar-refractivity contribution in [1.82, 2.24) is 0 Å². The van der Waals surface area contributed by atoms with E-state index in [1.165, 1.54) is 11.3 Å². The maximum Gasteiger partial charge on any atom is 0.350 e. The van der Waals surface area contributed by atoms with E-state index in [1.54, 1.807) is 0 Å². The Labute approximate surface area is 225 Å². The lowest BCUT2D eigenvalue weighted by Crippen LogP contribution is -2.49. The van der Waals surface area contributed by atoms with Crippen LogP contribution in [0, 0.1) is 11.8 Å². The smallest absolute Gasteiger partial charge is 0.350 e. The molecule has 2 fully saturated rings. The average molecular weight is 587 g/mol. The van der Waals surface area contributed by atoms with Crippen LogP contribution >= 0.6 is 27.3 Å². The molecular weight excluding hydrogens is 542 g/mol. The lowest BCUT2D eigenvalue weighted by molar-refractivity contribution is -0.124. The number of hydrogen-bond donors (Lipinski definition) is 0. The maximum atomic E-state index is 14.0. The fourth-order valence-corrected chi connectivity index (χ4v) is 7.98. The summed E-state index contributed by atoms with van der Waals surface area (Å²) in [6.07, 6.45) is 7.98. The molecule has 0 saturated heterocycles. The molecule has 0 aromatic carbocycles. The monoisotopic (exact) mass is 585 g/mol. The zero-order chi connectivity index (χ0) is 26.0. The van der Waals surface area contributed by atoms with Gasteiger partial charge in [0.15, 0.2) is 8.32 Å². The molecule has 2 aliphatic rings. The van der Waals surface area contributed by atoms with Crippen LogP contribution in [0.2, 0.25) is 18.1 Å². The van der Waals surface area contributed by atoms with E-state index in [9.17, 15) is 9.59 Å². The molecule has 35 heavy (non-hydrogen) atoms. The van der Waals surface area contributed by atoms with Gasteiger partial charge in [0.25, 0.3) is 0 Å². The molecule has 2 aliphatic carbocycles. The molecule has 198 valence electrons. The molecule has 1 aromatic rings. The molecular formula is C27H44BrNO4SSi. The minimum atomic E-state index is -1.84. The van der Waals surface area contributed by atoms with Gasteiger partial charge in [0, 0.05) is 18.1 Å². The van der Waals surface area contributed by atoms with Gasteiger partial charge in [0.2, 0.25) is 5.91 Å². The quantitative estimate of drug-likeness (QED) is 0.239. The highest BCUT2D eigenvalue weighted by molar-refractivity contribution is 9.11. The SMILES string of the molecule is CCOC(=O)c1sc(Br)cc1N(C(=O)C1CCC(C)CC1)C1CCC(O[Si](C)(C)C(C)(C)C)CC1. The van der Waals surface area contributed by atoms with Gasteiger partial charge in [0.05, 0.1) is 16.1 Å². The Morgan fingerprint density at radius 1 is 1.09 bits per heavy atom. The highest BCUT2D eigenvalue weighted by Gasteiger charge is 2.42. The summed E-state index contributed by atoms with van der Waals surface area (Å²) < 4.78 is 12.9. The molecule has 0 unspecified atom stereocenters. The molecule has 0 radical (unpaired) electrons. The predicted octanol–water partition coefficient (Wildman–Crippen LogP) is 8.18. The highest BCUT2D eigenvalue weighted by Crippen LogP contribution is 2.42. The van der Waals surface area contributed by atoms with Crippen molar-refractivity contribution in [2.75, 3.05) is 11.5 Å². The number of halogens is 1. The van der Waals surface area contributed by atoms with Crippen LogP contribution < -0.4 is 4.90 Å². The molecule has 5 nitrogen and oxygen atoms in total. The minimum absolute atomic E-state index is 0.0288. The maximum absolute atomic E-state index is 14.0. The van der Waals surface area contributed by atoms with Crippen molar-refractivity contribution in [3.05, 3.63) is 14.7 Å². The number of amides is 1. The molecule has 1 amide bonds.